The highest BCUT2D eigenvalue weighted by Crippen LogP contribution is 2.42. The molecule has 196 valence electrons. The van der Waals surface area contributed by atoms with Gasteiger partial charge in [0.15, 0.2) is 11.5 Å². The second kappa shape index (κ2) is 11.0. The molecule has 5 rings (SSSR count). The number of likely N-dealkylation sites (tertiary alicyclic amines) is 1. The van der Waals surface area contributed by atoms with Gasteiger partial charge in [0.25, 0.3) is 11.7 Å². The molecule has 1 fully saturated rings. The Hall–Kier alpha value is -4.33. The standard InChI is InChI=1S/C30H30N2O6/c1-19(2)10-13-36-23-5-3-4-21(16-23)27-26(28(33)22-6-7-24-25(17-22)38-15-14-37-24)29(34)30(35)32(27)18-20-8-11-31-12-9-20/h3-9,11-12,16-17,19,27,33H,10,13-15,18H2,1-2H3/b28-26+. The smallest absolute Gasteiger partial charge is 0.295 e. The number of pyridine rings is 1. The minimum absolute atomic E-state index is 0.0139. The van der Waals surface area contributed by atoms with Crippen LogP contribution in [0.15, 0.2) is 72.6 Å². The number of hydrogen-bond acceptors (Lipinski definition) is 7. The van der Waals surface area contributed by atoms with Crippen molar-refractivity contribution in [3.8, 4) is 17.2 Å². The Labute approximate surface area is 221 Å². The van der Waals surface area contributed by atoms with Gasteiger partial charge in [-0.25, -0.2) is 0 Å². The van der Waals surface area contributed by atoms with E-state index in [0.29, 0.717) is 54.1 Å². The summed E-state index contributed by atoms with van der Waals surface area (Å²) in [6.07, 6.45) is 4.17. The van der Waals surface area contributed by atoms with Gasteiger partial charge in [0.1, 0.15) is 24.7 Å². The molecular weight excluding hydrogens is 484 g/mol. The maximum Gasteiger partial charge on any atom is 0.295 e. The normalized spacial score (nSPS) is 18.2. The highest BCUT2D eigenvalue weighted by atomic mass is 16.6. The molecule has 1 atom stereocenters. The molecule has 0 bridgehead atoms. The topological polar surface area (TPSA) is 98.2 Å². The van der Waals surface area contributed by atoms with Gasteiger partial charge in [0, 0.05) is 24.5 Å². The Morgan fingerprint density at radius 1 is 1.05 bits per heavy atom. The van der Waals surface area contributed by atoms with Crippen molar-refractivity contribution < 1.29 is 28.9 Å². The number of hydrogen-bond donors (Lipinski definition) is 1. The number of fused-ring (bicyclic) bond motifs is 1. The van der Waals surface area contributed by atoms with Crippen molar-refractivity contribution in [2.75, 3.05) is 19.8 Å². The zero-order chi connectivity index (χ0) is 26.6. The highest BCUT2D eigenvalue weighted by Gasteiger charge is 2.46. The average Bonchev–Trinajstić information content (AvgIpc) is 3.18. The Bertz CT molecular complexity index is 1370. The van der Waals surface area contributed by atoms with E-state index in [-0.39, 0.29) is 17.9 Å². The van der Waals surface area contributed by atoms with Crippen molar-refractivity contribution in [1.29, 1.82) is 0 Å². The number of carbonyl (C=O) groups is 2. The summed E-state index contributed by atoms with van der Waals surface area (Å²) in [5.74, 6) is 0.471. The summed E-state index contributed by atoms with van der Waals surface area (Å²) in [7, 11) is 0. The molecule has 3 heterocycles. The molecule has 2 aromatic carbocycles. The monoisotopic (exact) mass is 514 g/mol. The van der Waals surface area contributed by atoms with Crippen LogP contribution in [0.5, 0.6) is 17.2 Å². The molecule has 2 aliphatic heterocycles. The molecule has 1 unspecified atom stereocenters. The van der Waals surface area contributed by atoms with Gasteiger partial charge in [0.2, 0.25) is 0 Å². The second-order valence-corrected chi connectivity index (χ2v) is 9.74. The summed E-state index contributed by atoms with van der Waals surface area (Å²) < 4.78 is 17.2. The molecule has 0 saturated carbocycles. The zero-order valence-corrected chi connectivity index (χ0v) is 21.4. The van der Waals surface area contributed by atoms with Gasteiger partial charge >= 0.3 is 0 Å². The molecule has 3 aromatic rings. The molecule has 8 nitrogen and oxygen atoms in total. The zero-order valence-electron chi connectivity index (χ0n) is 21.4. The number of ether oxygens (including phenoxy) is 3. The van der Waals surface area contributed by atoms with E-state index >= 15 is 0 Å². The quantitative estimate of drug-likeness (QED) is 0.259. The third kappa shape index (κ3) is 5.20. The van der Waals surface area contributed by atoms with Crippen molar-refractivity contribution in [3.63, 3.8) is 0 Å². The molecule has 1 amide bonds. The van der Waals surface area contributed by atoms with E-state index in [4.69, 9.17) is 14.2 Å². The van der Waals surface area contributed by atoms with Crippen LogP contribution in [0.1, 0.15) is 43.0 Å². The molecular formula is C30H30N2O6. The van der Waals surface area contributed by atoms with Crippen LogP contribution in [0, 0.1) is 5.92 Å². The fourth-order valence-electron chi connectivity index (χ4n) is 4.61. The number of benzene rings is 2. The van der Waals surface area contributed by atoms with Crippen molar-refractivity contribution in [2.24, 2.45) is 5.92 Å². The third-order valence-electron chi connectivity index (χ3n) is 6.60. The predicted molar refractivity (Wildman–Crippen MR) is 141 cm³/mol. The summed E-state index contributed by atoms with van der Waals surface area (Å²) in [6.45, 7) is 5.81. The molecule has 1 saturated heterocycles. The fourth-order valence-corrected chi connectivity index (χ4v) is 4.61. The average molecular weight is 515 g/mol. The number of amides is 1. The number of aromatic nitrogens is 1. The molecule has 0 spiro atoms. The van der Waals surface area contributed by atoms with Crippen LogP contribution in [-0.4, -0.2) is 46.5 Å². The highest BCUT2D eigenvalue weighted by molar-refractivity contribution is 6.46. The molecule has 0 aliphatic carbocycles. The first kappa shape index (κ1) is 25.3. The van der Waals surface area contributed by atoms with Crippen LogP contribution in [0.2, 0.25) is 0 Å². The van der Waals surface area contributed by atoms with Crippen LogP contribution in [-0.2, 0) is 16.1 Å². The molecule has 1 aromatic heterocycles. The molecule has 1 N–H and O–H groups in total. The number of nitrogens with zero attached hydrogens (tertiary/aromatic N) is 2. The predicted octanol–water partition coefficient (Wildman–Crippen LogP) is 4.90. The Morgan fingerprint density at radius 2 is 1.82 bits per heavy atom. The van der Waals surface area contributed by atoms with E-state index < -0.39 is 17.7 Å². The summed E-state index contributed by atoms with van der Waals surface area (Å²) in [6, 6.07) is 15.1. The lowest BCUT2D eigenvalue weighted by Gasteiger charge is -2.26. The number of ketones is 1. The lowest BCUT2D eigenvalue weighted by molar-refractivity contribution is -0.140. The first-order valence-corrected chi connectivity index (χ1v) is 12.7. The van der Waals surface area contributed by atoms with Crippen molar-refractivity contribution in [2.45, 2.75) is 32.9 Å². The summed E-state index contributed by atoms with van der Waals surface area (Å²) in [5.41, 5.74) is 1.86. The van der Waals surface area contributed by atoms with Crippen LogP contribution in [0.25, 0.3) is 5.76 Å². The lowest BCUT2D eigenvalue weighted by atomic mass is 9.95. The second-order valence-electron chi connectivity index (χ2n) is 9.74. The van der Waals surface area contributed by atoms with E-state index in [1.165, 1.54) is 4.90 Å². The molecule has 38 heavy (non-hydrogen) atoms. The molecule has 8 heteroatoms. The van der Waals surface area contributed by atoms with Crippen LogP contribution < -0.4 is 14.2 Å². The van der Waals surface area contributed by atoms with Crippen LogP contribution in [0.3, 0.4) is 0 Å². The first-order chi connectivity index (χ1) is 18.4. The maximum absolute atomic E-state index is 13.4. The fraction of sp³-hybridized carbons (Fsp3) is 0.300. The van der Waals surface area contributed by atoms with Gasteiger partial charge in [-0.1, -0.05) is 26.0 Å². The van der Waals surface area contributed by atoms with Gasteiger partial charge in [-0.15, -0.1) is 0 Å². The van der Waals surface area contributed by atoms with E-state index in [2.05, 4.69) is 18.8 Å². The summed E-state index contributed by atoms with van der Waals surface area (Å²) >= 11 is 0. The minimum Gasteiger partial charge on any atom is -0.507 e. The van der Waals surface area contributed by atoms with E-state index in [1.54, 1.807) is 42.7 Å². The SMILES string of the molecule is CC(C)CCOc1cccc(C2/C(=C(\O)c3ccc4c(c3)OCCO4)C(=O)C(=O)N2Cc2ccncc2)c1. The van der Waals surface area contributed by atoms with E-state index in [9.17, 15) is 14.7 Å². The van der Waals surface area contributed by atoms with E-state index in [1.807, 2.05) is 24.3 Å². The Kier molecular flexibility index (Phi) is 7.31. The number of aliphatic hydroxyl groups excluding tert-OH is 1. The van der Waals surface area contributed by atoms with Gasteiger partial charge in [0.05, 0.1) is 18.2 Å². The van der Waals surface area contributed by atoms with Crippen LogP contribution >= 0.6 is 0 Å². The first-order valence-electron chi connectivity index (χ1n) is 12.7. The molecule has 0 radical (unpaired) electrons. The van der Waals surface area contributed by atoms with Gasteiger partial charge in [-0.3, -0.25) is 14.6 Å². The maximum atomic E-state index is 13.4. The summed E-state index contributed by atoms with van der Waals surface area (Å²) in [5, 5.41) is 11.4. The van der Waals surface area contributed by atoms with E-state index in [0.717, 1.165) is 12.0 Å². The Balaban J connectivity index is 1.57. The lowest BCUT2D eigenvalue weighted by Crippen LogP contribution is -2.29. The number of carbonyl (C=O) groups excluding carboxylic acids is 2. The minimum atomic E-state index is -0.815. The van der Waals surface area contributed by atoms with Gasteiger partial charge < -0.3 is 24.2 Å². The summed E-state index contributed by atoms with van der Waals surface area (Å²) in [4.78, 5) is 32.3. The third-order valence-corrected chi connectivity index (χ3v) is 6.60. The number of Topliss-reactive ketones (excluding diaryl/α,β-unsaturated/α-hetero) is 1. The number of aliphatic hydroxyl groups is 1. The van der Waals surface area contributed by atoms with Gasteiger partial charge in [-0.2, -0.15) is 0 Å². The van der Waals surface area contributed by atoms with Crippen molar-refractivity contribution in [3.05, 3.63) is 89.3 Å². The number of rotatable bonds is 8. The molecule has 2 aliphatic rings. The largest absolute Gasteiger partial charge is 0.507 e. The van der Waals surface area contributed by atoms with Crippen LogP contribution in [0.4, 0.5) is 0 Å². The Morgan fingerprint density at radius 3 is 2.58 bits per heavy atom. The van der Waals surface area contributed by atoms with Crippen molar-refractivity contribution >= 4 is 17.4 Å². The van der Waals surface area contributed by atoms with Crippen molar-refractivity contribution in [1.82, 2.24) is 9.88 Å². The van der Waals surface area contributed by atoms with Gasteiger partial charge in [-0.05, 0) is 65.9 Å².